The van der Waals surface area contributed by atoms with Crippen LogP contribution in [0, 0.1) is 11.8 Å². The number of methoxy groups -OCH3 is 1. The van der Waals surface area contributed by atoms with E-state index in [0.29, 0.717) is 12.0 Å². The number of aryl methyl sites for hydroxylation is 1. The summed E-state index contributed by atoms with van der Waals surface area (Å²) in [6, 6.07) is 7.14. The van der Waals surface area contributed by atoms with Crippen LogP contribution in [-0.4, -0.2) is 20.2 Å². The summed E-state index contributed by atoms with van der Waals surface area (Å²) < 4.78 is 5.33. The molecular formula is C16H25NO. The average molecular weight is 247 g/mol. The van der Waals surface area contributed by atoms with Crippen LogP contribution in [0.5, 0.6) is 5.75 Å². The van der Waals surface area contributed by atoms with E-state index in [2.05, 4.69) is 44.4 Å². The summed E-state index contributed by atoms with van der Waals surface area (Å²) in [4.78, 5) is 0. The fraction of sp³-hybridized carbons (Fsp3) is 0.625. The molecule has 0 spiro atoms. The van der Waals surface area contributed by atoms with Crippen LogP contribution in [0.25, 0.3) is 0 Å². The maximum Gasteiger partial charge on any atom is 0.119 e. The van der Waals surface area contributed by atoms with E-state index in [1.807, 2.05) is 0 Å². The van der Waals surface area contributed by atoms with E-state index in [0.717, 1.165) is 11.7 Å². The smallest absolute Gasteiger partial charge is 0.119 e. The van der Waals surface area contributed by atoms with Crippen molar-refractivity contribution in [3.63, 3.8) is 0 Å². The SMILES string of the molecule is CNC(C(C)C)C1CCc2ccc(OC)cc2C1. The molecule has 0 bridgehead atoms. The zero-order valence-corrected chi connectivity index (χ0v) is 12.0. The van der Waals surface area contributed by atoms with Crippen molar-refractivity contribution < 1.29 is 4.74 Å². The summed E-state index contributed by atoms with van der Waals surface area (Å²) in [6.45, 7) is 4.62. The van der Waals surface area contributed by atoms with Crippen LogP contribution < -0.4 is 10.1 Å². The molecule has 2 atom stereocenters. The Morgan fingerprint density at radius 2 is 2.06 bits per heavy atom. The Balaban J connectivity index is 2.17. The number of nitrogens with one attached hydrogen (secondary N) is 1. The normalized spacial score (nSPS) is 20.6. The van der Waals surface area contributed by atoms with Gasteiger partial charge in [-0.25, -0.2) is 0 Å². The number of ether oxygens (including phenoxy) is 1. The van der Waals surface area contributed by atoms with E-state index < -0.39 is 0 Å². The lowest BCUT2D eigenvalue weighted by molar-refractivity contribution is 0.272. The fourth-order valence-electron chi connectivity index (χ4n) is 3.31. The summed E-state index contributed by atoms with van der Waals surface area (Å²) in [7, 11) is 3.83. The third kappa shape index (κ3) is 2.69. The van der Waals surface area contributed by atoms with Crippen LogP contribution in [0.1, 0.15) is 31.4 Å². The van der Waals surface area contributed by atoms with E-state index in [9.17, 15) is 0 Å². The lowest BCUT2D eigenvalue weighted by atomic mass is 9.77. The highest BCUT2D eigenvalue weighted by atomic mass is 16.5. The highest BCUT2D eigenvalue weighted by molar-refractivity contribution is 5.37. The van der Waals surface area contributed by atoms with Crippen LogP contribution in [-0.2, 0) is 12.8 Å². The second-order valence-corrected chi connectivity index (χ2v) is 5.70. The molecule has 0 aromatic heterocycles. The number of fused-ring (bicyclic) bond motifs is 1. The summed E-state index contributed by atoms with van der Waals surface area (Å²) in [6.07, 6.45) is 3.67. The van der Waals surface area contributed by atoms with Crippen molar-refractivity contribution in [3.05, 3.63) is 29.3 Å². The second kappa shape index (κ2) is 5.75. The molecule has 1 N–H and O–H groups in total. The average Bonchev–Trinajstić information content (AvgIpc) is 2.38. The molecule has 0 heterocycles. The predicted molar refractivity (Wildman–Crippen MR) is 76.2 cm³/mol. The van der Waals surface area contributed by atoms with Crippen molar-refractivity contribution in [2.45, 2.75) is 39.2 Å². The molecule has 0 radical (unpaired) electrons. The molecule has 0 saturated heterocycles. The zero-order chi connectivity index (χ0) is 13.1. The highest BCUT2D eigenvalue weighted by Gasteiger charge is 2.27. The third-order valence-corrected chi connectivity index (χ3v) is 4.24. The second-order valence-electron chi connectivity index (χ2n) is 5.70. The minimum absolute atomic E-state index is 0.615. The number of benzene rings is 1. The highest BCUT2D eigenvalue weighted by Crippen LogP contribution is 2.31. The van der Waals surface area contributed by atoms with Gasteiger partial charge in [0.15, 0.2) is 0 Å². The van der Waals surface area contributed by atoms with Gasteiger partial charge in [-0.05, 0) is 61.4 Å². The molecular weight excluding hydrogens is 222 g/mol. The van der Waals surface area contributed by atoms with Gasteiger partial charge in [-0.15, -0.1) is 0 Å². The lowest BCUT2D eigenvalue weighted by Crippen LogP contribution is -2.40. The molecule has 2 nitrogen and oxygen atoms in total. The minimum atomic E-state index is 0.615. The minimum Gasteiger partial charge on any atom is -0.497 e. The molecule has 100 valence electrons. The maximum absolute atomic E-state index is 5.33. The molecule has 1 aromatic carbocycles. The first-order valence-corrected chi connectivity index (χ1v) is 6.98. The maximum atomic E-state index is 5.33. The van der Waals surface area contributed by atoms with Gasteiger partial charge >= 0.3 is 0 Å². The van der Waals surface area contributed by atoms with Crippen molar-refractivity contribution >= 4 is 0 Å². The molecule has 2 heteroatoms. The standard InChI is InChI=1S/C16H25NO/c1-11(2)16(17-3)13-6-5-12-7-8-15(18-4)10-14(12)9-13/h7-8,10-11,13,16-17H,5-6,9H2,1-4H3. The lowest BCUT2D eigenvalue weighted by Gasteiger charge is -2.34. The van der Waals surface area contributed by atoms with Crippen molar-refractivity contribution in [1.82, 2.24) is 5.32 Å². The van der Waals surface area contributed by atoms with Gasteiger partial charge in [-0.1, -0.05) is 19.9 Å². The Labute approximate surface area is 111 Å². The number of hydrogen-bond donors (Lipinski definition) is 1. The van der Waals surface area contributed by atoms with Gasteiger partial charge in [0.05, 0.1) is 7.11 Å². The van der Waals surface area contributed by atoms with E-state index in [4.69, 9.17) is 4.74 Å². The molecule has 1 aliphatic rings. The largest absolute Gasteiger partial charge is 0.497 e. The molecule has 1 aliphatic carbocycles. The topological polar surface area (TPSA) is 21.3 Å². The van der Waals surface area contributed by atoms with Gasteiger partial charge in [0.2, 0.25) is 0 Å². The van der Waals surface area contributed by atoms with Crippen molar-refractivity contribution in [2.75, 3.05) is 14.2 Å². The summed E-state index contributed by atoms with van der Waals surface area (Å²) >= 11 is 0. The predicted octanol–water partition coefficient (Wildman–Crippen LogP) is 3.04. The van der Waals surface area contributed by atoms with Gasteiger partial charge in [-0.3, -0.25) is 0 Å². The van der Waals surface area contributed by atoms with E-state index >= 15 is 0 Å². The van der Waals surface area contributed by atoms with Crippen LogP contribution in [0.4, 0.5) is 0 Å². The Hall–Kier alpha value is -1.02. The summed E-state index contributed by atoms with van der Waals surface area (Å²) in [5, 5.41) is 3.50. The Morgan fingerprint density at radius 1 is 1.28 bits per heavy atom. The van der Waals surface area contributed by atoms with Crippen LogP contribution in [0.15, 0.2) is 18.2 Å². The first kappa shape index (κ1) is 13.4. The van der Waals surface area contributed by atoms with Gasteiger partial charge < -0.3 is 10.1 Å². The molecule has 0 fully saturated rings. The van der Waals surface area contributed by atoms with Crippen LogP contribution in [0.2, 0.25) is 0 Å². The quantitative estimate of drug-likeness (QED) is 0.883. The van der Waals surface area contributed by atoms with Crippen molar-refractivity contribution in [1.29, 1.82) is 0 Å². The number of hydrogen-bond acceptors (Lipinski definition) is 2. The molecule has 0 saturated carbocycles. The van der Waals surface area contributed by atoms with E-state index in [1.54, 1.807) is 7.11 Å². The molecule has 2 rings (SSSR count). The van der Waals surface area contributed by atoms with E-state index in [-0.39, 0.29) is 0 Å². The molecule has 1 aromatic rings. The first-order chi connectivity index (χ1) is 8.65. The molecule has 2 unspecified atom stereocenters. The van der Waals surface area contributed by atoms with Gasteiger partial charge in [-0.2, -0.15) is 0 Å². The Morgan fingerprint density at radius 3 is 2.67 bits per heavy atom. The molecule has 0 amide bonds. The van der Waals surface area contributed by atoms with Gasteiger partial charge in [0, 0.05) is 6.04 Å². The number of rotatable bonds is 4. The van der Waals surface area contributed by atoms with Crippen molar-refractivity contribution in [3.8, 4) is 5.75 Å². The third-order valence-electron chi connectivity index (χ3n) is 4.24. The first-order valence-electron chi connectivity index (χ1n) is 6.98. The van der Waals surface area contributed by atoms with E-state index in [1.165, 1.54) is 30.4 Å². The summed E-state index contributed by atoms with van der Waals surface area (Å²) in [5.74, 6) is 2.42. The van der Waals surface area contributed by atoms with Crippen molar-refractivity contribution in [2.24, 2.45) is 11.8 Å². The monoisotopic (exact) mass is 247 g/mol. The molecule has 0 aliphatic heterocycles. The summed E-state index contributed by atoms with van der Waals surface area (Å²) in [5.41, 5.74) is 2.98. The van der Waals surface area contributed by atoms with Gasteiger partial charge in [0.25, 0.3) is 0 Å². The Bertz CT molecular complexity index is 400. The molecule has 18 heavy (non-hydrogen) atoms. The zero-order valence-electron chi connectivity index (χ0n) is 12.0. The fourth-order valence-corrected chi connectivity index (χ4v) is 3.31. The van der Waals surface area contributed by atoms with Crippen LogP contribution in [0.3, 0.4) is 0 Å². The van der Waals surface area contributed by atoms with Crippen LogP contribution >= 0.6 is 0 Å². The van der Waals surface area contributed by atoms with Gasteiger partial charge in [0.1, 0.15) is 5.75 Å². The Kier molecular flexibility index (Phi) is 4.28.